The van der Waals surface area contributed by atoms with Gasteiger partial charge in [-0.15, -0.1) is 12.4 Å². The van der Waals surface area contributed by atoms with E-state index in [1.807, 2.05) is 43.3 Å². The number of para-hydroxylation sites is 1. The van der Waals surface area contributed by atoms with Crippen LogP contribution in [0.2, 0.25) is 5.02 Å². The van der Waals surface area contributed by atoms with Crippen LogP contribution in [0.5, 0.6) is 5.75 Å². The van der Waals surface area contributed by atoms with Crippen molar-refractivity contribution in [1.29, 1.82) is 0 Å². The predicted molar refractivity (Wildman–Crippen MR) is 90.1 cm³/mol. The first-order chi connectivity index (χ1) is 9.63. The Kier molecular flexibility index (Phi) is 4.56. The number of pyridine rings is 1. The highest BCUT2D eigenvalue weighted by Crippen LogP contribution is 2.30. The zero-order valence-corrected chi connectivity index (χ0v) is 12.9. The number of fused-ring (bicyclic) bond motifs is 1. The Morgan fingerprint density at radius 3 is 2.52 bits per heavy atom. The van der Waals surface area contributed by atoms with Crippen molar-refractivity contribution in [2.45, 2.75) is 6.92 Å². The zero-order chi connectivity index (χ0) is 14.1. The van der Waals surface area contributed by atoms with Crippen molar-refractivity contribution < 1.29 is 5.11 Å². The first kappa shape index (κ1) is 15.4. The van der Waals surface area contributed by atoms with E-state index in [-0.39, 0.29) is 18.2 Å². The molecule has 0 saturated heterocycles. The molecule has 0 saturated carbocycles. The summed E-state index contributed by atoms with van der Waals surface area (Å²) >= 11 is 6.20. The molecular formula is C16H14Cl2N2O. The summed E-state index contributed by atoms with van der Waals surface area (Å²) in [4.78, 5) is 4.48. The van der Waals surface area contributed by atoms with Crippen LogP contribution in [0.1, 0.15) is 5.69 Å². The molecule has 0 amide bonds. The van der Waals surface area contributed by atoms with Crippen molar-refractivity contribution in [2.24, 2.45) is 0 Å². The molecule has 0 spiro atoms. The Bertz CT molecular complexity index is 773. The minimum atomic E-state index is 0. The fourth-order valence-corrected chi connectivity index (χ4v) is 2.36. The second kappa shape index (κ2) is 6.20. The topological polar surface area (TPSA) is 45.1 Å². The average Bonchev–Trinajstić information content (AvgIpc) is 2.42. The second-order valence-corrected chi connectivity index (χ2v) is 5.03. The van der Waals surface area contributed by atoms with Gasteiger partial charge in [0, 0.05) is 22.5 Å². The number of rotatable bonds is 2. The highest BCUT2D eigenvalue weighted by atomic mass is 35.5. The van der Waals surface area contributed by atoms with E-state index in [2.05, 4.69) is 10.3 Å². The van der Waals surface area contributed by atoms with Gasteiger partial charge >= 0.3 is 0 Å². The number of aryl methyl sites for hydroxylation is 1. The maximum absolute atomic E-state index is 9.32. The molecule has 21 heavy (non-hydrogen) atoms. The summed E-state index contributed by atoms with van der Waals surface area (Å²) in [6, 6.07) is 14.6. The molecule has 2 N–H and O–H groups in total. The SMILES string of the molecule is Cc1cc(Nc2ccc(O)cc2)c2cccc(Cl)c2n1.Cl. The van der Waals surface area contributed by atoms with Gasteiger partial charge in [-0.1, -0.05) is 23.7 Å². The smallest absolute Gasteiger partial charge is 0.115 e. The quantitative estimate of drug-likeness (QED) is 0.648. The van der Waals surface area contributed by atoms with E-state index in [0.29, 0.717) is 5.02 Å². The van der Waals surface area contributed by atoms with Gasteiger partial charge in [0.2, 0.25) is 0 Å². The van der Waals surface area contributed by atoms with Crippen molar-refractivity contribution in [1.82, 2.24) is 4.98 Å². The predicted octanol–water partition coefficient (Wildman–Crippen LogP) is 5.07. The van der Waals surface area contributed by atoms with Gasteiger partial charge in [0.15, 0.2) is 0 Å². The molecule has 3 rings (SSSR count). The number of nitrogens with zero attached hydrogens (tertiary/aromatic N) is 1. The normalized spacial score (nSPS) is 10.2. The molecule has 108 valence electrons. The number of nitrogens with one attached hydrogen (secondary N) is 1. The number of benzene rings is 2. The van der Waals surface area contributed by atoms with Crippen LogP contribution in [0.4, 0.5) is 11.4 Å². The van der Waals surface area contributed by atoms with E-state index < -0.39 is 0 Å². The first-order valence-electron chi connectivity index (χ1n) is 6.25. The molecule has 0 aliphatic rings. The third-order valence-electron chi connectivity index (χ3n) is 3.06. The maximum atomic E-state index is 9.32. The third kappa shape index (κ3) is 3.20. The van der Waals surface area contributed by atoms with Gasteiger partial charge < -0.3 is 10.4 Å². The summed E-state index contributed by atoms with van der Waals surface area (Å²) < 4.78 is 0. The molecule has 0 fully saturated rings. The number of aromatic hydroxyl groups is 1. The summed E-state index contributed by atoms with van der Waals surface area (Å²) in [5.74, 6) is 0.245. The number of aromatic nitrogens is 1. The molecule has 3 aromatic rings. The molecule has 1 heterocycles. The molecule has 0 atom stereocenters. The monoisotopic (exact) mass is 320 g/mol. The van der Waals surface area contributed by atoms with Crippen molar-refractivity contribution in [3.63, 3.8) is 0 Å². The summed E-state index contributed by atoms with van der Waals surface area (Å²) in [6.45, 7) is 1.94. The summed E-state index contributed by atoms with van der Waals surface area (Å²) in [5.41, 5.74) is 3.53. The van der Waals surface area contributed by atoms with Gasteiger partial charge in [0.05, 0.1) is 10.5 Å². The Morgan fingerprint density at radius 1 is 1.10 bits per heavy atom. The molecule has 3 nitrogen and oxygen atoms in total. The molecule has 0 bridgehead atoms. The standard InChI is InChI=1S/C16H13ClN2O.ClH/c1-10-9-15(19-11-5-7-12(20)8-6-11)13-3-2-4-14(17)16(13)18-10;/h2-9,20H,1H3,(H,18,19);1H. The van der Waals surface area contributed by atoms with Crippen molar-refractivity contribution in [2.75, 3.05) is 5.32 Å². The van der Waals surface area contributed by atoms with Crippen LogP contribution < -0.4 is 5.32 Å². The lowest BCUT2D eigenvalue weighted by Gasteiger charge is -2.11. The van der Waals surface area contributed by atoms with E-state index in [1.54, 1.807) is 12.1 Å². The Hall–Kier alpha value is -1.97. The van der Waals surface area contributed by atoms with Gasteiger partial charge in [-0.05, 0) is 43.3 Å². The van der Waals surface area contributed by atoms with Crippen LogP contribution in [0, 0.1) is 6.92 Å². The van der Waals surface area contributed by atoms with E-state index >= 15 is 0 Å². The third-order valence-corrected chi connectivity index (χ3v) is 3.37. The van der Waals surface area contributed by atoms with Crippen molar-refractivity contribution in [3.05, 3.63) is 59.2 Å². The Balaban J connectivity index is 0.00000161. The molecule has 5 heteroatoms. The van der Waals surface area contributed by atoms with Crippen LogP contribution in [-0.4, -0.2) is 10.1 Å². The number of phenols is 1. The molecule has 1 aromatic heterocycles. The Labute approximate surface area is 134 Å². The number of anilines is 2. The fraction of sp³-hybridized carbons (Fsp3) is 0.0625. The van der Waals surface area contributed by atoms with Crippen molar-refractivity contribution in [3.8, 4) is 5.75 Å². The zero-order valence-electron chi connectivity index (χ0n) is 11.3. The Morgan fingerprint density at radius 2 is 1.81 bits per heavy atom. The molecule has 0 aliphatic heterocycles. The van der Waals surface area contributed by atoms with Gasteiger partial charge in [-0.25, -0.2) is 0 Å². The van der Waals surface area contributed by atoms with E-state index in [0.717, 1.165) is 28.0 Å². The van der Waals surface area contributed by atoms with Crippen LogP contribution >= 0.6 is 24.0 Å². The fourth-order valence-electron chi connectivity index (χ4n) is 2.15. The molecule has 0 aliphatic carbocycles. The minimum Gasteiger partial charge on any atom is -0.508 e. The molecule has 2 aromatic carbocycles. The van der Waals surface area contributed by atoms with E-state index in [1.165, 1.54) is 0 Å². The van der Waals surface area contributed by atoms with Gasteiger partial charge in [-0.2, -0.15) is 0 Å². The van der Waals surface area contributed by atoms with Gasteiger partial charge in [-0.3, -0.25) is 4.98 Å². The number of phenolic OH excluding ortho intramolecular Hbond substituents is 1. The first-order valence-corrected chi connectivity index (χ1v) is 6.63. The average molecular weight is 321 g/mol. The summed E-state index contributed by atoms with van der Waals surface area (Å²) in [5, 5.41) is 14.3. The molecule has 0 radical (unpaired) electrons. The van der Waals surface area contributed by atoms with Gasteiger partial charge in [0.1, 0.15) is 5.75 Å². The van der Waals surface area contributed by atoms with Crippen LogP contribution in [0.3, 0.4) is 0 Å². The lowest BCUT2D eigenvalue weighted by atomic mass is 10.1. The molecular weight excluding hydrogens is 307 g/mol. The highest BCUT2D eigenvalue weighted by molar-refractivity contribution is 6.35. The van der Waals surface area contributed by atoms with Crippen molar-refractivity contribution >= 4 is 46.3 Å². The maximum Gasteiger partial charge on any atom is 0.115 e. The number of hydrogen-bond donors (Lipinski definition) is 2. The van der Waals surface area contributed by atoms with E-state index in [9.17, 15) is 5.11 Å². The lowest BCUT2D eigenvalue weighted by molar-refractivity contribution is 0.475. The number of halogens is 2. The molecule has 0 unspecified atom stereocenters. The van der Waals surface area contributed by atoms with Crippen LogP contribution in [0.25, 0.3) is 10.9 Å². The summed E-state index contributed by atoms with van der Waals surface area (Å²) in [7, 11) is 0. The van der Waals surface area contributed by atoms with Gasteiger partial charge in [0.25, 0.3) is 0 Å². The lowest BCUT2D eigenvalue weighted by Crippen LogP contribution is -1.94. The summed E-state index contributed by atoms with van der Waals surface area (Å²) in [6.07, 6.45) is 0. The van der Waals surface area contributed by atoms with Crippen LogP contribution in [-0.2, 0) is 0 Å². The van der Waals surface area contributed by atoms with E-state index in [4.69, 9.17) is 11.6 Å². The largest absolute Gasteiger partial charge is 0.508 e. The second-order valence-electron chi connectivity index (χ2n) is 4.62. The minimum absolute atomic E-state index is 0. The highest BCUT2D eigenvalue weighted by Gasteiger charge is 2.07. The van der Waals surface area contributed by atoms with Crippen LogP contribution in [0.15, 0.2) is 48.5 Å². The number of hydrogen-bond acceptors (Lipinski definition) is 3.